The van der Waals surface area contributed by atoms with Gasteiger partial charge in [0.1, 0.15) is 5.60 Å². The maximum Gasteiger partial charge on any atom is 0.407 e. The quantitative estimate of drug-likeness (QED) is 0.388. The van der Waals surface area contributed by atoms with E-state index in [0.29, 0.717) is 17.7 Å². The molecule has 8 nitrogen and oxygen atoms in total. The maximum absolute atomic E-state index is 12.5. The van der Waals surface area contributed by atoms with E-state index in [4.69, 9.17) is 9.47 Å². The second kappa shape index (κ2) is 10.3. The van der Waals surface area contributed by atoms with E-state index in [9.17, 15) is 19.2 Å². The molecule has 0 bridgehead atoms. The Kier molecular flexibility index (Phi) is 8.44. The minimum Gasteiger partial charge on any atom is -0.466 e. The highest BCUT2D eigenvalue weighted by molar-refractivity contribution is 6.03. The number of hydrogen-bond acceptors (Lipinski definition) is 6. The van der Waals surface area contributed by atoms with Crippen molar-refractivity contribution in [3.05, 3.63) is 29.3 Å². The third kappa shape index (κ3) is 8.35. The third-order valence-corrected chi connectivity index (χ3v) is 3.27. The van der Waals surface area contributed by atoms with Crippen LogP contribution in [0.25, 0.3) is 0 Å². The maximum atomic E-state index is 12.5. The van der Waals surface area contributed by atoms with Crippen LogP contribution in [0.3, 0.4) is 0 Å². The SMILES string of the molecule is CCOC(=O)Cc1ccc(NC=O)c(C(=O)CCNC(=O)OC(C)(C)C)c1. The van der Waals surface area contributed by atoms with Gasteiger partial charge in [-0.05, 0) is 45.4 Å². The molecule has 0 atom stereocenters. The van der Waals surface area contributed by atoms with Crippen LogP contribution in [0.2, 0.25) is 0 Å². The van der Waals surface area contributed by atoms with Gasteiger partial charge in [0.2, 0.25) is 6.41 Å². The van der Waals surface area contributed by atoms with Crippen molar-refractivity contribution in [2.75, 3.05) is 18.5 Å². The molecule has 0 aromatic heterocycles. The largest absolute Gasteiger partial charge is 0.466 e. The first kappa shape index (κ1) is 22.1. The number of carbonyl (C=O) groups is 4. The number of Topliss-reactive ketones (excluding diaryl/α,β-unsaturated/α-hetero) is 1. The molecule has 2 N–H and O–H groups in total. The Hall–Kier alpha value is -2.90. The summed E-state index contributed by atoms with van der Waals surface area (Å²) in [5.74, 6) is -0.695. The molecule has 0 aliphatic rings. The van der Waals surface area contributed by atoms with Crippen molar-refractivity contribution in [1.29, 1.82) is 0 Å². The molecule has 0 heterocycles. The average molecular weight is 378 g/mol. The lowest BCUT2D eigenvalue weighted by atomic mass is 10.0. The van der Waals surface area contributed by atoms with Crippen molar-refractivity contribution in [3.8, 4) is 0 Å². The fraction of sp³-hybridized carbons (Fsp3) is 0.474. The Morgan fingerprint density at radius 2 is 1.89 bits per heavy atom. The zero-order chi connectivity index (χ0) is 20.4. The predicted octanol–water partition coefficient (Wildman–Crippen LogP) is 2.46. The highest BCUT2D eigenvalue weighted by atomic mass is 16.6. The van der Waals surface area contributed by atoms with Gasteiger partial charge < -0.3 is 20.1 Å². The topological polar surface area (TPSA) is 111 Å². The van der Waals surface area contributed by atoms with Gasteiger partial charge in [-0.1, -0.05) is 6.07 Å². The summed E-state index contributed by atoms with van der Waals surface area (Å²) in [7, 11) is 0. The number of anilines is 1. The van der Waals surface area contributed by atoms with Crippen molar-refractivity contribution in [3.63, 3.8) is 0 Å². The summed E-state index contributed by atoms with van der Waals surface area (Å²) < 4.78 is 10.00. The summed E-state index contributed by atoms with van der Waals surface area (Å²) in [4.78, 5) is 46.5. The van der Waals surface area contributed by atoms with Gasteiger partial charge in [-0.3, -0.25) is 14.4 Å². The monoisotopic (exact) mass is 378 g/mol. The number of ether oxygens (including phenoxy) is 2. The van der Waals surface area contributed by atoms with Crippen LogP contribution >= 0.6 is 0 Å². The molecule has 0 saturated heterocycles. The molecule has 0 aliphatic heterocycles. The molecule has 0 unspecified atom stereocenters. The van der Waals surface area contributed by atoms with E-state index in [1.165, 1.54) is 0 Å². The molecule has 0 radical (unpaired) electrons. The normalized spacial score (nSPS) is 10.7. The number of nitrogens with one attached hydrogen (secondary N) is 2. The zero-order valence-corrected chi connectivity index (χ0v) is 16.1. The van der Waals surface area contributed by atoms with Gasteiger partial charge in [0.25, 0.3) is 0 Å². The lowest BCUT2D eigenvalue weighted by molar-refractivity contribution is -0.142. The summed E-state index contributed by atoms with van der Waals surface area (Å²) in [5.41, 5.74) is 0.555. The molecule has 0 spiro atoms. The Balaban J connectivity index is 2.78. The van der Waals surface area contributed by atoms with Gasteiger partial charge in [0.15, 0.2) is 5.78 Å². The summed E-state index contributed by atoms with van der Waals surface area (Å²) in [6.45, 7) is 7.28. The fourth-order valence-corrected chi connectivity index (χ4v) is 2.23. The Bertz CT molecular complexity index is 694. The van der Waals surface area contributed by atoms with Crippen molar-refractivity contribution in [2.45, 2.75) is 46.1 Å². The first-order chi connectivity index (χ1) is 12.7. The van der Waals surface area contributed by atoms with Crippen LogP contribution in [0.15, 0.2) is 18.2 Å². The van der Waals surface area contributed by atoms with Gasteiger partial charge in [-0.15, -0.1) is 0 Å². The van der Waals surface area contributed by atoms with Crippen molar-refractivity contribution in [2.24, 2.45) is 0 Å². The smallest absolute Gasteiger partial charge is 0.407 e. The van der Waals surface area contributed by atoms with Gasteiger partial charge in [0, 0.05) is 18.5 Å². The van der Waals surface area contributed by atoms with Gasteiger partial charge in [-0.25, -0.2) is 4.79 Å². The molecule has 0 aliphatic carbocycles. The average Bonchev–Trinajstić information content (AvgIpc) is 2.54. The first-order valence-electron chi connectivity index (χ1n) is 8.65. The minimum absolute atomic E-state index is 0.00956. The van der Waals surface area contributed by atoms with E-state index in [2.05, 4.69) is 10.6 Å². The Morgan fingerprint density at radius 3 is 2.48 bits per heavy atom. The predicted molar refractivity (Wildman–Crippen MR) is 99.6 cm³/mol. The molecule has 1 aromatic rings. The van der Waals surface area contributed by atoms with Gasteiger partial charge in [-0.2, -0.15) is 0 Å². The van der Waals surface area contributed by atoms with Crippen LogP contribution < -0.4 is 10.6 Å². The lowest BCUT2D eigenvalue weighted by Gasteiger charge is -2.19. The van der Waals surface area contributed by atoms with Crippen LogP contribution in [0.4, 0.5) is 10.5 Å². The van der Waals surface area contributed by atoms with Crippen LogP contribution in [0.1, 0.15) is 50.0 Å². The number of amides is 2. The summed E-state index contributed by atoms with van der Waals surface area (Å²) >= 11 is 0. The molecular formula is C19H26N2O6. The van der Waals surface area contributed by atoms with E-state index in [-0.39, 0.29) is 37.3 Å². The van der Waals surface area contributed by atoms with Crippen LogP contribution in [-0.4, -0.2) is 43.0 Å². The number of hydrogen-bond donors (Lipinski definition) is 2. The fourth-order valence-electron chi connectivity index (χ4n) is 2.23. The molecule has 148 valence electrons. The number of alkyl carbamates (subject to hydrolysis) is 1. The van der Waals surface area contributed by atoms with Crippen molar-refractivity contribution in [1.82, 2.24) is 5.32 Å². The van der Waals surface area contributed by atoms with Gasteiger partial charge >= 0.3 is 12.1 Å². The van der Waals surface area contributed by atoms with Crippen LogP contribution in [0, 0.1) is 0 Å². The zero-order valence-electron chi connectivity index (χ0n) is 16.1. The third-order valence-electron chi connectivity index (χ3n) is 3.27. The highest BCUT2D eigenvalue weighted by Crippen LogP contribution is 2.20. The summed E-state index contributed by atoms with van der Waals surface area (Å²) in [6, 6.07) is 4.73. The second-order valence-electron chi connectivity index (χ2n) is 6.73. The molecule has 8 heteroatoms. The van der Waals surface area contributed by atoms with Gasteiger partial charge in [0.05, 0.1) is 18.7 Å². The molecule has 1 rings (SSSR count). The Morgan fingerprint density at radius 1 is 1.19 bits per heavy atom. The molecule has 1 aromatic carbocycles. The Labute approximate surface area is 158 Å². The minimum atomic E-state index is -0.628. The van der Waals surface area contributed by atoms with Crippen LogP contribution in [0.5, 0.6) is 0 Å². The number of rotatable bonds is 9. The summed E-state index contributed by atoms with van der Waals surface area (Å²) in [6.07, 6.45) is -0.116. The number of carbonyl (C=O) groups excluding carboxylic acids is 4. The standard InChI is InChI=1S/C19H26N2O6/c1-5-26-17(24)11-13-6-7-15(21-12-22)14(10-13)16(23)8-9-20-18(25)27-19(2,3)4/h6-7,10,12H,5,8-9,11H2,1-4H3,(H,20,25)(H,21,22). The lowest BCUT2D eigenvalue weighted by Crippen LogP contribution is -2.33. The van der Waals surface area contributed by atoms with E-state index in [0.717, 1.165) is 0 Å². The van der Waals surface area contributed by atoms with E-state index < -0.39 is 17.7 Å². The number of benzene rings is 1. The second-order valence-corrected chi connectivity index (χ2v) is 6.73. The van der Waals surface area contributed by atoms with Crippen molar-refractivity contribution < 1.29 is 28.7 Å². The highest BCUT2D eigenvalue weighted by Gasteiger charge is 2.17. The molecule has 0 saturated carbocycles. The van der Waals surface area contributed by atoms with E-state index in [1.54, 1.807) is 45.9 Å². The van der Waals surface area contributed by atoms with E-state index >= 15 is 0 Å². The first-order valence-corrected chi connectivity index (χ1v) is 8.65. The van der Waals surface area contributed by atoms with E-state index in [1.807, 2.05) is 0 Å². The number of esters is 1. The molecule has 2 amide bonds. The molecule has 27 heavy (non-hydrogen) atoms. The summed E-state index contributed by atoms with van der Waals surface area (Å²) in [5, 5.41) is 4.97. The molecule has 0 fully saturated rings. The molecular weight excluding hydrogens is 352 g/mol. The number of ketones is 1. The van der Waals surface area contributed by atoms with Crippen LogP contribution in [-0.2, 0) is 25.5 Å². The van der Waals surface area contributed by atoms with Crippen molar-refractivity contribution >= 4 is 29.9 Å².